The van der Waals surface area contributed by atoms with Gasteiger partial charge in [-0.15, -0.1) is 11.3 Å². The molecule has 1 amide bonds. The van der Waals surface area contributed by atoms with E-state index in [1.54, 1.807) is 6.07 Å². The molecule has 12 heavy (non-hydrogen) atoms. The van der Waals surface area contributed by atoms with E-state index in [1.165, 1.54) is 11.3 Å². The molecule has 0 aromatic carbocycles. The number of carbonyl (C=O) groups is 1. The number of amides is 1. The van der Waals surface area contributed by atoms with Crippen LogP contribution < -0.4 is 11.1 Å². The molecule has 1 aromatic rings. The van der Waals surface area contributed by atoms with E-state index in [-0.39, 0.29) is 11.9 Å². The smallest absolute Gasteiger partial charge is 0.263 e. The molecule has 0 aliphatic heterocycles. The summed E-state index contributed by atoms with van der Waals surface area (Å²) < 4.78 is 0. The number of anilines is 1. The van der Waals surface area contributed by atoms with Crippen LogP contribution in [0, 0.1) is 0 Å². The molecular formula is C8H12N2OS. The molecule has 1 aromatic heterocycles. The van der Waals surface area contributed by atoms with Crippen LogP contribution in [0.15, 0.2) is 11.4 Å². The van der Waals surface area contributed by atoms with Gasteiger partial charge in [0.05, 0.1) is 5.69 Å². The summed E-state index contributed by atoms with van der Waals surface area (Å²) in [6.45, 7) is 3.84. The molecule has 0 saturated carbocycles. The SMILES string of the molecule is CC(C)NC(=O)c1sccc1N. The Hall–Kier alpha value is -1.03. The average Bonchev–Trinajstić information content (AvgIpc) is 2.33. The monoisotopic (exact) mass is 184 g/mol. The number of nitrogens with two attached hydrogens (primary N) is 1. The predicted octanol–water partition coefficient (Wildman–Crippen LogP) is 1.47. The highest BCUT2D eigenvalue weighted by Crippen LogP contribution is 2.18. The van der Waals surface area contributed by atoms with Gasteiger partial charge in [0.2, 0.25) is 0 Å². The van der Waals surface area contributed by atoms with E-state index in [0.717, 1.165) is 0 Å². The van der Waals surface area contributed by atoms with Crippen molar-refractivity contribution in [1.82, 2.24) is 5.32 Å². The molecule has 0 aliphatic rings. The van der Waals surface area contributed by atoms with Crippen LogP contribution in [0.3, 0.4) is 0 Å². The summed E-state index contributed by atoms with van der Waals surface area (Å²) in [6, 6.07) is 1.89. The number of rotatable bonds is 2. The second-order valence-corrected chi connectivity index (χ2v) is 3.75. The molecule has 1 rings (SSSR count). The van der Waals surface area contributed by atoms with Crippen molar-refractivity contribution in [3.8, 4) is 0 Å². The highest BCUT2D eigenvalue weighted by Gasteiger charge is 2.10. The topological polar surface area (TPSA) is 55.1 Å². The summed E-state index contributed by atoms with van der Waals surface area (Å²) in [4.78, 5) is 12.0. The van der Waals surface area contributed by atoms with Crippen LogP contribution in [-0.4, -0.2) is 11.9 Å². The lowest BCUT2D eigenvalue weighted by Gasteiger charge is -2.06. The first kappa shape index (κ1) is 9.06. The molecule has 0 fully saturated rings. The van der Waals surface area contributed by atoms with Gasteiger partial charge in [0.1, 0.15) is 4.88 Å². The fraction of sp³-hybridized carbons (Fsp3) is 0.375. The van der Waals surface area contributed by atoms with Gasteiger partial charge in [-0.05, 0) is 25.3 Å². The van der Waals surface area contributed by atoms with Crippen molar-refractivity contribution in [3.05, 3.63) is 16.3 Å². The molecule has 3 N–H and O–H groups in total. The zero-order valence-electron chi connectivity index (χ0n) is 7.13. The summed E-state index contributed by atoms with van der Waals surface area (Å²) in [5.74, 6) is -0.0856. The molecule has 0 aliphatic carbocycles. The van der Waals surface area contributed by atoms with E-state index in [4.69, 9.17) is 5.73 Å². The van der Waals surface area contributed by atoms with Gasteiger partial charge < -0.3 is 11.1 Å². The third kappa shape index (κ3) is 1.98. The van der Waals surface area contributed by atoms with E-state index in [9.17, 15) is 4.79 Å². The molecule has 1 heterocycles. The predicted molar refractivity (Wildman–Crippen MR) is 51.3 cm³/mol. The maximum absolute atomic E-state index is 11.4. The third-order valence-electron chi connectivity index (χ3n) is 1.32. The van der Waals surface area contributed by atoms with E-state index in [1.807, 2.05) is 19.2 Å². The minimum Gasteiger partial charge on any atom is -0.397 e. The van der Waals surface area contributed by atoms with E-state index in [0.29, 0.717) is 10.6 Å². The number of carbonyl (C=O) groups excluding carboxylic acids is 1. The van der Waals surface area contributed by atoms with Crippen LogP contribution in [0.5, 0.6) is 0 Å². The van der Waals surface area contributed by atoms with E-state index in [2.05, 4.69) is 5.32 Å². The fourth-order valence-corrected chi connectivity index (χ4v) is 1.55. The van der Waals surface area contributed by atoms with Crippen LogP contribution in [-0.2, 0) is 0 Å². The van der Waals surface area contributed by atoms with Crippen molar-refractivity contribution in [2.75, 3.05) is 5.73 Å². The van der Waals surface area contributed by atoms with Crippen LogP contribution in [0.2, 0.25) is 0 Å². The zero-order chi connectivity index (χ0) is 9.14. The first-order valence-corrected chi connectivity index (χ1v) is 4.63. The average molecular weight is 184 g/mol. The lowest BCUT2D eigenvalue weighted by molar-refractivity contribution is 0.0948. The molecule has 0 unspecified atom stereocenters. The molecule has 66 valence electrons. The van der Waals surface area contributed by atoms with Crippen LogP contribution >= 0.6 is 11.3 Å². The first-order chi connectivity index (χ1) is 5.61. The number of nitrogen functional groups attached to an aromatic ring is 1. The van der Waals surface area contributed by atoms with Gasteiger partial charge in [0.15, 0.2) is 0 Å². The molecule has 3 nitrogen and oxygen atoms in total. The Morgan fingerprint density at radius 3 is 2.75 bits per heavy atom. The van der Waals surface area contributed by atoms with E-state index < -0.39 is 0 Å². The van der Waals surface area contributed by atoms with Crippen LogP contribution in [0.25, 0.3) is 0 Å². The summed E-state index contributed by atoms with van der Waals surface area (Å²) >= 11 is 1.36. The lowest BCUT2D eigenvalue weighted by Crippen LogP contribution is -2.29. The Labute approximate surface area is 75.6 Å². The minimum absolute atomic E-state index is 0.0856. The first-order valence-electron chi connectivity index (χ1n) is 3.75. The second-order valence-electron chi connectivity index (χ2n) is 2.83. The molecule has 0 radical (unpaired) electrons. The second kappa shape index (κ2) is 3.58. The van der Waals surface area contributed by atoms with Crippen molar-refractivity contribution in [3.63, 3.8) is 0 Å². The van der Waals surface area contributed by atoms with Gasteiger partial charge in [-0.3, -0.25) is 4.79 Å². The maximum Gasteiger partial charge on any atom is 0.263 e. The summed E-state index contributed by atoms with van der Waals surface area (Å²) in [5, 5.41) is 4.59. The number of hydrogen-bond donors (Lipinski definition) is 2. The summed E-state index contributed by atoms with van der Waals surface area (Å²) in [7, 11) is 0. The Morgan fingerprint density at radius 2 is 2.33 bits per heavy atom. The maximum atomic E-state index is 11.4. The van der Waals surface area contributed by atoms with Crippen molar-refractivity contribution in [2.24, 2.45) is 0 Å². The van der Waals surface area contributed by atoms with Gasteiger partial charge in [0.25, 0.3) is 5.91 Å². The summed E-state index contributed by atoms with van der Waals surface area (Å²) in [6.07, 6.45) is 0. The summed E-state index contributed by atoms with van der Waals surface area (Å²) in [5.41, 5.74) is 6.12. The zero-order valence-corrected chi connectivity index (χ0v) is 7.94. The number of hydrogen-bond acceptors (Lipinski definition) is 3. The molecule has 0 bridgehead atoms. The van der Waals surface area contributed by atoms with Crippen molar-refractivity contribution < 1.29 is 4.79 Å². The van der Waals surface area contributed by atoms with Gasteiger partial charge in [-0.2, -0.15) is 0 Å². The Morgan fingerprint density at radius 1 is 1.67 bits per heavy atom. The Balaban J connectivity index is 2.72. The van der Waals surface area contributed by atoms with Crippen LogP contribution in [0.1, 0.15) is 23.5 Å². The highest BCUT2D eigenvalue weighted by atomic mass is 32.1. The van der Waals surface area contributed by atoms with Gasteiger partial charge >= 0.3 is 0 Å². The quantitative estimate of drug-likeness (QED) is 0.731. The molecule has 0 spiro atoms. The van der Waals surface area contributed by atoms with Gasteiger partial charge in [-0.25, -0.2) is 0 Å². The van der Waals surface area contributed by atoms with Gasteiger partial charge in [-0.1, -0.05) is 0 Å². The minimum atomic E-state index is -0.0856. The molecule has 0 saturated heterocycles. The Bertz CT molecular complexity index is 280. The van der Waals surface area contributed by atoms with Crippen LogP contribution in [0.4, 0.5) is 5.69 Å². The highest BCUT2D eigenvalue weighted by molar-refractivity contribution is 7.12. The molecular weight excluding hydrogens is 172 g/mol. The lowest BCUT2D eigenvalue weighted by atomic mass is 10.3. The molecule has 0 atom stereocenters. The van der Waals surface area contributed by atoms with Crippen molar-refractivity contribution in [1.29, 1.82) is 0 Å². The third-order valence-corrected chi connectivity index (χ3v) is 2.25. The normalized spacial score (nSPS) is 10.2. The largest absolute Gasteiger partial charge is 0.397 e. The van der Waals surface area contributed by atoms with E-state index >= 15 is 0 Å². The van der Waals surface area contributed by atoms with Gasteiger partial charge in [0, 0.05) is 6.04 Å². The standard InChI is InChI=1S/C8H12N2OS/c1-5(2)10-8(11)7-6(9)3-4-12-7/h3-5H,9H2,1-2H3,(H,10,11). The molecule has 4 heteroatoms. The fourth-order valence-electron chi connectivity index (χ4n) is 0.831. The number of thiophene rings is 1. The Kier molecular flexibility index (Phi) is 2.70. The number of nitrogens with one attached hydrogen (secondary N) is 1. The van der Waals surface area contributed by atoms with Crippen molar-refractivity contribution >= 4 is 22.9 Å². The van der Waals surface area contributed by atoms with Crippen molar-refractivity contribution in [2.45, 2.75) is 19.9 Å².